The van der Waals surface area contributed by atoms with Gasteiger partial charge in [0.25, 0.3) is 0 Å². The molecule has 0 saturated heterocycles. The molecule has 0 radical (unpaired) electrons. The molecule has 0 aromatic heterocycles. The molecule has 0 fully saturated rings. The van der Waals surface area contributed by atoms with Crippen molar-refractivity contribution in [3.8, 4) is 0 Å². The van der Waals surface area contributed by atoms with Gasteiger partial charge in [0.15, 0.2) is 0 Å². The second kappa shape index (κ2) is 2.80. The Morgan fingerprint density at radius 2 is 2.55 bits per heavy atom. The third-order valence-electron chi connectivity index (χ3n) is 2.89. The topological polar surface area (TPSA) is 12.4 Å². The van der Waals surface area contributed by atoms with E-state index in [4.69, 9.17) is 0 Å². The Labute approximate surface area is 68.2 Å². The fourth-order valence-corrected chi connectivity index (χ4v) is 2.06. The summed E-state index contributed by atoms with van der Waals surface area (Å²) in [7, 11) is 0. The first-order chi connectivity index (χ1) is 5.40. The van der Waals surface area contributed by atoms with Gasteiger partial charge in [0, 0.05) is 18.3 Å². The molecule has 11 heavy (non-hydrogen) atoms. The summed E-state index contributed by atoms with van der Waals surface area (Å²) in [6.07, 6.45) is 8.49. The minimum absolute atomic E-state index is 0.954. The Kier molecular flexibility index (Phi) is 1.80. The van der Waals surface area contributed by atoms with Gasteiger partial charge in [-0.05, 0) is 30.8 Å². The van der Waals surface area contributed by atoms with Gasteiger partial charge >= 0.3 is 0 Å². The summed E-state index contributed by atoms with van der Waals surface area (Å²) < 4.78 is 0. The molecule has 1 heterocycles. The maximum absolute atomic E-state index is 4.38. The SMILES string of the molecule is CCC1CCC2=C(CC=N2)C1. The van der Waals surface area contributed by atoms with Crippen LogP contribution in [0.5, 0.6) is 0 Å². The van der Waals surface area contributed by atoms with E-state index in [2.05, 4.69) is 18.1 Å². The van der Waals surface area contributed by atoms with E-state index in [9.17, 15) is 0 Å². The predicted molar refractivity (Wildman–Crippen MR) is 47.8 cm³/mol. The number of hydrogen-bond acceptors (Lipinski definition) is 1. The molecule has 0 aromatic carbocycles. The van der Waals surface area contributed by atoms with E-state index in [0.717, 1.165) is 12.3 Å². The molecule has 2 rings (SSSR count). The van der Waals surface area contributed by atoms with Crippen LogP contribution in [0.2, 0.25) is 0 Å². The average molecular weight is 149 g/mol. The zero-order chi connectivity index (χ0) is 7.68. The smallest absolute Gasteiger partial charge is 0.0395 e. The van der Waals surface area contributed by atoms with Crippen LogP contribution in [0.1, 0.15) is 39.0 Å². The summed E-state index contributed by atoms with van der Waals surface area (Å²) in [5.74, 6) is 0.954. The molecule has 1 aliphatic carbocycles. The van der Waals surface area contributed by atoms with E-state index < -0.39 is 0 Å². The van der Waals surface area contributed by atoms with E-state index in [1.165, 1.54) is 31.4 Å². The summed E-state index contributed by atoms with van der Waals surface area (Å²) in [5, 5.41) is 0. The van der Waals surface area contributed by atoms with Crippen LogP contribution in [0.4, 0.5) is 0 Å². The van der Waals surface area contributed by atoms with Gasteiger partial charge in [-0.15, -0.1) is 0 Å². The van der Waals surface area contributed by atoms with E-state index in [1.807, 2.05) is 0 Å². The van der Waals surface area contributed by atoms with Crippen molar-refractivity contribution in [2.75, 3.05) is 0 Å². The van der Waals surface area contributed by atoms with Crippen LogP contribution in [0, 0.1) is 5.92 Å². The van der Waals surface area contributed by atoms with Gasteiger partial charge in [0.2, 0.25) is 0 Å². The van der Waals surface area contributed by atoms with Gasteiger partial charge in [-0.1, -0.05) is 13.3 Å². The summed E-state index contributed by atoms with van der Waals surface area (Å²) in [6.45, 7) is 2.30. The first kappa shape index (κ1) is 7.08. The Bertz CT molecular complexity index is 213. The van der Waals surface area contributed by atoms with E-state index in [-0.39, 0.29) is 0 Å². The minimum atomic E-state index is 0.954. The lowest BCUT2D eigenvalue weighted by Crippen LogP contribution is -2.06. The van der Waals surface area contributed by atoms with Gasteiger partial charge in [0.05, 0.1) is 0 Å². The number of rotatable bonds is 1. The summed E-state index contributed by atoms with van der Waals surface area (Å²) in [6, 6.07) is 0. The Morgan fingerprint density at radius 3 is 3.36 bits per heavy atom. The van der Waals surface area contributed by atoms with Crippen LogP contribution in [-0.2, 0) is 0 Å². The van der Waals surface area contributed by atoms with Crippen LogP contribution in [0.25, 0.3) is 0 Å². The van der Waals surface area contributed by atoms with Crippen LogP contribution in [-0.4, -0.2) is 6.21 Å². The van der Waals surface area contributed by atoms with Crippen LogP contribution < -0.4 is 0 Å². The quantitative estimate of drug-likeness (QED) is 0.543. The highest BCUT2D eigenvalue weighted by molar-refractivity contribution is 5.67. The highest BCUT2D eigenvalue weighted by Gasteiger charge is 2.20. The average Bonchev–Trinajstić information content (AvgIpc) is 2.50. The summed E-state index contributed by atoms with van der Waals surface area (Å²) in [5.41, 5.74) is 3.04. The maximum atomic E-state index is 4.38. The Balaban J connectivity index is 2.08. The normalized spacial score (nSPS) is 29.4. The van der Waals surface area contributed by atoms with Crippen LogP contribution in [0.15, 0.2) is 16.3 Å². The molecule has 0 spiro atoms. The molecular formula is C10H15N. The maximum Gasteiger partial charge on any atom is 0.0395 e. The van der Waals surface area contributed by atoms with Gasteiger partial charge in [-0.3, -0.25) is 4.99 Å². The number of aliphatic imine (C=N–C) groups is 1. The first-order valence-electron chi connectivity index (χ1n) is 4.63. The van der Waals surface area contributed by atoms with Gasteiger partial charge in [-0.25, -0.2) is 0 Å². The molecule has 1 unspecified atom stereocenters. The highest BCUT2D eigenvalue weighted by atomic mass is 14.8. The Morgan fingerprint density at radius 1 is 1.64 bits per heavy atom. The molecular weight excluding hydrogens is 134 g/mol. The lowest BCUT2D eigenvalue weighted by molar-refractivity contribution is 0.441. The van der Waals surface area contributed by atoms with Gasteiger partial charge < -0.3 is 0 Å². The third kappa shape index (κ3) is 1.24. The van der Waals surface area contributed by atoms with Crippen molar-refractivity contribution < 1.29 is 0 Å². The van der Waals surface area contributed by atoms with E-state index in [0.29, 0.717) is 0 Å². The Hall–Kier alpha value is -0.590. The van der Waals surface area contributed by atoms with Crippen molar-refractivity contribution in [1.82, 2.24) is 0 Å². The number of hydrogen-bond donors (Lipinski definition) is 0. The molecule has 0 aromatic rings. The summed E-state index contributed by atoms with van der Waals surface area (Å²) >= 11 is 0. The van der Waals surface area contributed by atoms with Crippen molar-refractivity contribution in [2.24, 2.45) is 10.9 Å². The van der Waals surface area contributed by atoms with Crippen molar-refractivity contribution in [3.63, 3.8) is 0 Å². The standard InChI is InChI=1S/C10H15N/c1-2-8-3-4-10-9(7-8)5-6-11-10/h6,8H,2-5,7H2,1H3. The molecule has 60 valence electrons. The molecule has 0 amide bonds. The lowest BCUT2D eigenvalue weighted by Gasteiger charge is -2.21. The molecule has 1 heteroatoms. The van der Waals surface area contributed by atoms with Crippen molar-refractivity contribution in [2.45, 2.75) is 39.0 Å². The highest BCUT2D eigenvalue weighted by Crippen LogP contribution is 2.35. The van der Waals surface area contributed by atoms with Gasteiger partial charge in [-0.2, -0.15) is 0 Å². The van der Waals surface area contributed by atoms with Crippen molar-refractivity contribution >= 4 is 6.21 Å². The molecule has 1 aliphatic heterocycles. The van der Waals surface area contributed by atoms with Gasteiger partial charge in [0.1, 0.15) is 0 Å². The predicted octanol–water partition coefficient (Wildman–Crippen LogP) is 2.93. The molecule has 2 aliphatic rings. The van der Waals surface area contributed by atoms with Crippen LogP contribution in [0.3, 0.4) is 0 Å². The molecule has 0 saturated carbocycles. The first-order valence-corrected chi connectivity index (χ1v) is 4.63. The number of nitrogens with zero attached hydrogens (tertiary/aromatic N) is 1. The molecule has 0 bridgehead atoms. The molecule has 1 nitrogen and oxygen atoms in total. The van der Waals surface area contributed by atoms with Crippen molar-refractivity contribution in [1.29, 1.82) is 0 Å². The fourth-order valence-electron chi connectivity index (χ4n) is 2.06. The van der Waals surface area contributed by atoms with Crippen molar-refractivity contribution in [3.05, 3.63) is 11.3 Å². The van der Waals surface area contributed by atoms with E-state index in [1.54, 1.807) is 5.57 Å². The zero-order valence-electron chi connectivity index (χ0n) is 7.14. The fraction of sp³-hybridized carbons (Fsp3) is 0.700. The second-order valence-electron chi connectivity index (χ2n) is 3.58. The monoisotopic (exact) mass is 149 g/mol. The van der Waals surface area contributed by atoms with Crippen LogP contribution >= 0.6 is 0 Å². The largest absolute Gasteiger partial charge is 0.265 e. The molecule has 0 N–H and O–H groups in total. The second-order valence-corrected chi connectivity index (χ2v) is 3.58. The number of allylic oxidation sites excluding steroid dienone is 2. The molecule has 1 atom stereocenters. The third-order valence-corrected chi connectivity index (χ3v) is 2.89. The van der Waals surface area contributed by atoms with E-state index >= 15 is 0 Å². The summed E-state index contributed by atoms with van der Waals surface area (Å²) in [4.78, 5) is 4.38. The zero-order valence-corrected chi connectivity index (χ0v) is 7.14. The lowest BCUT2D eigenvalue weighted by atomic mass is 9.85. The minimum Gasteiger partial charge on any atom is -0.265 e.